The molecule has 0 saturated carbocycles. The highest BCUT2D eigenvalue weighted by Gasteiger charge is 2.23. The lowest BCUT2D eigenvalue weighted by molar-refractivity contribution is -0.136. The van der Waals surface area contributed by atoms with E-state index in [4.69, 9.17) is 5.11 Å². The van der Waals surface area contributed by atoms with E-state index in [0.29, 0.717) is 16.3 Å². The zero-order valence-electron chi connectivity index (χ0n) is 11.7. The summed E-state index contributed by atoms with van der Waals surface area (Å²) in [6, 6.07) is 7.38. The lowest BCUT2D eigenvalue weighted by Crippen LogP contribution is -2.33. The molecule has 21 heavy (non-hydrogen) atoms. The number of carboxylic acid groups (broad SMARTS) is 1. The summed E-state index contributed by atoms with van der Waals surface area (Å²) < 4.78 is 3.76. The van der Waals surface area contributed by atoms with Crippen LogP contribution in [-0.2, 0) is 4.79 Å². The third-order valence-electron chi connectivity index (χ3n) is 3.05. The molecule has 0 aliphatic heterocycles. The molecule has 0 fully saturated rings. The number of aryl methyl sites for hydroxylation is 2. The van der Waals surface area contributed by atoms with Gasteiger partial charge in [0, 0.05) is 12.2 Å². The van der Waals surface area contributed by atoms with Crippen molar-refractivity contribution in [1.29, 1.82) is 0 Å². The first-order valence-electron chi connectivity index (χ1n) is 6.39. The molecule has 0 saturated heterocycles. The van der Waals surface area contributed by atoms with Crippen molar-refractivity contribution in [3.05, 3.63) is 40.4 Å². The fourth-order valence-electron chi connectivity index (χ4n) is 1.96. The van der Waals surface area contributed by atoms with Crippen LogP contribution in [0.3, 0.4) is 0 Å². The molecule has 0 bridgehead atoms. The summed E-state index contributed by atoms with van der Waals surface area (Å²) in [7, 11) is 0. The summed E-state index contributed by atoms with van der Waals surface area (Å²) in [5.41, 5.74) is 2.17. The van der Waals surface area contributed by atoms with Crippen LogP contribution in [0.2, 0.25) is 0 Å². The molecule has 1 aromatic heterocycles. The Hall–Kier alpha value is -2.28. The van der Waals surface area contributed by atoms with Gasteiger partial charge in [0.25, 0.3) is 5.91 Å². The average molecular weight is 305 g/mol. The number of hydrogen-bond acceptors (Lipinski definition) is 5. The topological polar surface area (TPSA) is 83.4 Å². The van der Waals surface area contributed by atoms with Gasteiger partial charge in [0.2, 0.25) is 0 Å². The second kappa shape index (κ2) is 6.45. The predicted molar refractivity (Wildman–Crippen MR) is 79.8 cm³/mol. The van der Waals surface area contributed by atoms with Gasteiger partial charge in [-0.05, 0) is 37.0 Å². The highest BCUT2D eigenvalue weighted by Crippen LogP contribution is 2.23. The minimum absolute atomic E-state index is 0.107. The molecule has 2 aromatic rings. The number of amides is 1. The lowest BCUT2D eigenvalue weighted by Gasteiger charge is -2.23. The molecule has 0 radical (unpaired) electrons. The van der Waals surface area contributed by atoms with Gasteiger partial charge in [-0.15, -0.1) is 5.10 Å². The lowest BCUT2D eigenvalue weighted by atomic mass is 10.1. The molecule has 1 heterocycles. The number of carbonyl (C=O) groups excluding carboxylic acids is 1. The van der Waals surface area contributed by atoms with Crippen molar-refractivity contribution < 1.29 is 14.7 Å². The first-order valence-corrected chi connectivity index (χ1v) is 7.16. The molecule has 0 aliphatic rings. The molecular formula is C14H15N3O3S. The Morgan fingerprint density at radius 1 is 1.29 bits per heavy atom. The second-order valence-electron chi connectivity index (χ2n) is 4.57. The monoisotopic (exact) mass is 305 g/mol. The van der Waals surface area contributed by atoms with E-state index in [-0.39, 0.29) is 18.9 Å². The predicted octanol–water partition coefficient (Wildman–Crippen LogP) is 2.28. The van der Waals surface area contributed by atoms with E-state index in [0.717, 1.165) is 17.1 Å². The summed E-state index contributed by atoms with van der Waals surface area (Å²) >= 11 is 1.02. The van der Waals surface area contributed by atoms with Gasteiger partial charge in [-0.1, -0.05) is 22.7 Å². The second-order valence-corrected chi connectivity index (χ2v) is 5.33. The number of benzene rings is 1. The van der Waals surface area contributed by atoms with Crippen LogP contribution >= 0.6 is 11.5 Å². The summed E-state index contributed by atoms with van der Waals surface area (Å²) in [6.45, 7) is 3.70. The highest BCUT2D eigenvalue weighted by atomic mass is 32.1. The minimum Gasteiger partial charge on any atom is -0.481 e. The van der Waals surface area contributed by atoms with E-state index in [9.17, 15) is 9.59 Å². The molecule has 0 spiro atoms. The van der Waals surface area contributed by atoms with Gasteiger partial charge < -0.3 is 10.0 Å². The number of para-hydroxylation sites is 1. The third-order valence-corrected chi connectivity index (χ3v) is 3.86. The van der Waals surface area contributed by atoms with Crippen LogP contribution in [0.1, 0.15) is 27.3 Å². The number of hydrogen-bond donors (Lipinski definition) is 1. The summed E-state index contributed by atoms with van der Waals surface area (Å²) in [5.74, 6) is -1.21. The number of nitrogens with zero attached hydrogens (tertiary/aromatic N) is 3. The molecule has 2 rings (SSSR count). The Kier molecular flexibility index (Phi) is 4.64. The van der Waals surface area contributed by atoms with E-state index in [1.54, 1.807) is 13.0 Å². The Labute approximate surface area is 126 Å². The number of rotatable bonds is 5. The molecule has 0 atom stereocenters. The number of aliphatic carboxylic acids is 1. The largest absolute Gasteiger partial charge is 0.481 e. The van der Waals surface area contributed by atoms with Gasteiger partial charge in [0.05, 0.1) is 12.1 Å². The molecular weight excluding hydrogens is 290 g/mol. The first-order chi connectivity index (χ1) is 10.0. The van der Waals surface area contributed by atoms with Crippen LogP contribution in [-0.4, -0.2) is 33.1 Å². The van der Waals surface area contributed by atoms with E-state index in [1.807, 2.05) is 25.1 Å². The van der Waals surface area contributed by atoms with Crippen LogP contribution in [0.4, 0.5) is 5.69 Å². The molecule has 1 amide bonds. The molecule has 1 aromatic carbocycles. The minimum atomic E-state index is -0.944. The third kappa shape index (κ3) is 3.43. The Morgan fingerprint density at radius 2 is 2.00 bits per heavy atom. The number of carbonyl (C=O) groups is 2. The first kappa shape index (κ1) is 15.1. The van der Waals surface area contributed by atoms with Crippen LogP contribution < -0.4 is 4.90 Å². The molecule has 0 aliphatic carbocycles. The van der Waals surface area contributed by atoms with Crippen molar-refractivity contribution in [2.75, 3.05) is 11.4 Å². The Morgan fingerprint density at radius 3 is 2.57 bits per heavy atom. The quantitative estimate of drug-likeness (QED) is 0.916. The standard InChI is InChI=1S/C14H15N3O3S/c1-9-5-3-4-6-11(9)17(8-7-12(18)19)14(20)13-10(2)15-16-21-13/h3-6H,7-8H2,1-2H3,(H,18,19). The maximum absolute atomic E-state index is 12.7. The van der Waals surface area contributed by atoms with E-state index in [1.165, 1.54) is 4.90 Å². The maximum Gasteiger partial charge on any atom is 0.305 e. The normalized spacial score (nSPS) is 10.4. The molecule has 0 unspecified atom stereocenters. The van der Waals surface area contributed by atoms with E-state index >= 15 is 0 Å². The van der Waals surface area contributed by atoms with Gasteiger partial charge in [-0.2, -0.15) is 0 Å². The van der Waals surface area contributed by atoms with Crippen molar-refractivity contribution in [3.8, 4) is 0 Å². The number of carboxylic acids is 1. The molecule has 1 N–H and O–H groups in total. The van der Waals surface area contributed by atoms with Gasteiger partial charge >= 0.3 is 5.97 Å². The SMILES string of the molecule is Cc1ccccc1N(CCC(=O)O)C(=O)c1snnc1C. The molecule has 7 heteroatoms. The smallest absolute Gasteiger partial charge is 0.305 e. The zero-order valence-corrected chi connectivity index (χ0v) is 12.6. The van der Waals surface area contributed by atoms with Crippen molar-refractivity contribution in [3.63, 3.8) is 0 Å². The Balaban J connectivity index is 2.37. The summed E-state index contributed by atoms with van der Waals surface area (Å²) in [4.78, 5) is 25.4. The van der Waals surface area contributed by atoms with Crippen LogP contribution in [0, 0.1) is 13.8 Å². The van der Waals surface area contributed by atoms with E-state index in [2.05, 4.69) is 9.59 Å². The number of aromatic nitrogens is 2. The average Bonchev–Trinajstić information content (AvgIpc) is 2.86. The van der Waals surface area contributed by atoms with Crippen molar-refractivity contribution in [2.45, 2.75) is 20.3 Å². The van der Waals surface area contributed by atoms with Crippen molar-refractivity contribution >= 4 is 29.1 Å². The molecule has 6 nitrogen and oxygen atoms in total. The summed E-state index contributed by atoms with van der Waals surface area (Å²) in [5, 5.41) is 12.7. The van der Waals surface area contributed by atoms with Gasteiger partial charge in [-0.25, -0.2) is 0 Å². The van der Waals surface area contributed by atoms with Crippen LogP contribution in [0.15, 0.2) is 24.3 Å². The fraction of sp³-hybridized carbons (Fsp3) is 0.286. The molecule has 110 valence electrons. The van der Waals surface area contributed by atoms with Gasteiger partial charge in [0.1, 0.15) is 4.88 Å². The summed E-state index contributed by atoms with van der Waals surface area (Å²) in [6.07, 6.45) is -0.120. The van der Waals surface area contributed by atoms with Crippen LogP contribution in [0.25, 0.3) is 0 Å². The van der Waals surface area contributed by atoms with Crippen molar-refractivity contribution in [2.24, 2.45) is 0 Å². The number of anilines is 1. The van der Waals surface area contributed by atoms with Crippen molar-refractivity contribution in [1.82, 2.24) is 9.59 Å². The zero-order chi connectivity index (χ0) is 15.4. The Bertz CT molecular complexity index is 669. The highest BCUT2D eigenvalue weighted by molar-refractivity contribution is 7.08. The van der Waals surface area contributed by atoms with E-state index < -0.39 is 5.97 Å². The fourth-order valence-corrected chi connectivity index (χ4v) is 2.56. The van der Waals surface area contributed by atoms with Gasteiger partial charge in [0.15, 0.2) is 0 Å². The van der Waals surface area contributed by atoms with Gasteiger partial charge in [-0.3, -0.25) is 9.59 Å². The maximum atomic E-state index is 12.7. The van der Waals surface area contributed by atoms with Crippen LogP contribution in [0.5, 0.6) is 0 Å².